The van der Waals surface area contributed by atoms with Gasteiger partial charge in [-0.1, -0.05) is 18.2 Å². The van der Waals surface area contributed by atoms with Crippen molar-refractivity contribution in [3.05, 3.63) is 54.1 Å². The highest BCUT2D eigenvalue weighted by Gasteiger charge is 2.19. The number of anilines is 2. The Balaban J connectivity index is 1.95. The number of esters is 1. The van der Waals surface area contributed by atoms with E-state index in [0.717, 1.165) is 4.90 Å². The van der Waals surface area contributed by atoms with Gasteiger partial charge in [0.25, 0.3) is 11.8 Å². The van der Waals surface area contributed by atoms with Crippen LogP contribution in [0.1, 0.15) is 24.2 Å². The second-order valence-corrected chi connectivity index (χ2v) is 6.55. The monoisotopic (exact) mass is 414 g/mol. The number of carbonyl (C=O) groups excluding carboxylic acids is 3. The summed E-state index contributed by atoms with van der Waals surface area (Å²) in [5, 5.41) is 5.55. The Hall–Kier alpha value is -3.39. The summed E-state index contributed by atoms with van der Waals surface area (Å²) < 4.78 is 10.2. The van der Waals surface area contributed by atoms with Crippen molar-refractivity contribution in [3.63, 3.8) is 0 Å². The predicted octanol–water partition coefficient (Wildman–Crippen LogP) is 1.35. The van der Waals surface area contributed by atoms with E-state index in [9.17, 15) is 14.4 Å². The highest BCUT2D eigenvalue weighted by molar-refractivity contribution is 6.01. The molecular formula is C22H28N3O5+. The molecule has 1 atom stereocenters. The van der Waals surface area contributed by atoms with E-state index < -0.39 is 5.97 Å². The maximum absolute atomic E-state index is 12.5. The molecule has 2 aromatic carbocycles. The van der Waals surface area contributed by atoms with Crippen LogP contribution in [0.15, 0.2) is 48.5 Å². The smallest absolute Gasteiger partial charge is 0.340 e. The molecule has 8 nitrogen and oxygen atoms in total. The van der Waals surface area contributed by atoms with E-state index in [0.29, 0.717) is 29.2 Å². The molecule has 2 aromatic rings. The molecule has 0 aliphatic heterocycles. The van der Waals surface area contributed by atoms with E-state index in [1.54, 1.807) is 62.6 Å². The van der Waals surface area contributed by atoms with E-state index in [-0.39, 0.29) is 31.5 Å². The number of nitrogens with one attached hydrogen (secondary N) is 3. The van der Waals surface area contributed by atoms with Crippen molar-refractivity contribution in [1.29, 1.82) is 0 Å². The first-order valence-corrected chi connectivity index (χ1v) is 9.80. The lowest BCUT2D eigenvalue weighted by atomic mass is 10.2. The van der Waals surface area contributed by atoms with Gasteiger partial charge in [-0.2, -0.15) is 0 Å². The Bertz CT molecular complexity index is 885. The first-order valence-electron chi connectivity index (χ1n) is 9.80. The summed E-state index contributed by atoms with van der Waals surface area (Å²) in [5.74, 6) is -0.351. The largest absolute Gasteiger partial charge is 0.497 e. The average molecular weight is 414 g/mol. The Labute approximate surface area is 176 Å². The standard InChI is InChI=1S/C22H27N3O5/c1-4-25(14-20(26)23-16-9-8-10-17(13-16)29-3)15-21(27)24-19-12-7-6-11-18(19)22(28)30-5-2/h6-13H,4-5,14-15H2,1-3H3,(H,23,26)(H,24,27)/p+1. The quantitative estimate of drug-likeness (QED) is 0.510. The predicted molar refractivity (Wildman–Crippen MR) is 114 cm³/mol. The molecule has 0 saturated carbocycles. The summed E-state index contributed by atoms with van der Waals surface area (Å²) in [7, 11) is 1.56. The second-order valence-electron chi connectivity index (χ2n) is 6.55. The molecule has 0 aliphatic carbocycles. The van der Waals surface area contributed by atoms with Gasteiger partial charge in [0.15, 0.2) is 13.1 Å². The zero-order valence-corrected chi connectivity index (χ0v) is 17.5. The molecule has 0 bridgehead atoms. The number of benzene rings is 2. The number of carbonyl (C=O) groups is 3. The van der Waals surface area contributed by atoms with Gasteiger partial charge in [-0.15, -0.1) is 0 Å². The third kappa shape index (κ3) is 6.89. The molecule has 2 amide bonds. The highest BCUT2D eigenvalue weighted by atomic mass is 16.5. The molecule has 0 spiro atoms. The Kier molecular flexibility index (Phi) is 8.83. The molecule has 30 heavy (non-hydrogen) atoms. The van der Waals surface area contributed by atoms with Gasteiger partial charge in [0, 0.05) is 11.8 Å². The number of methoxy groups -OCH3 is 1. The van der Waals surface area contributed by atoms with Crippen LogP contribution < -0.4 is 20.3 Å². The summed E-state index contributed by atoms with van der Waals surface area (Å²) in [4.78, 5) is 37.7. The lowest BCUT2D eigenvalue weighted by Gasteiger charge is -2.17. The van der Waals surface area contributed by atoms with Crippen LogP contribution in [0.5, 0.6) is 5.75 Å². The highest BCUT2D eigenvalue weighted by Crippen LogP contribution is 2.17. The number of rotatable bonds is 10. The lowest BCUT2D eigenvalue weighted by molar-refractivity contribution is -0.881. The van der Waals surface area contributed by atoms with Crippen LogP contribution in [0.4, 0.5) is 11.4 Å². The molecule has 0 fully saturated rings. The van der Waals surface area contributed by atoms with Crippen molar-refractivity contribution in [3.8, 4) is 5.75 Å². The van der Waals surface area contributed by atoms with Crippen molar-refractivity contribution >= 4 is 29.2 Å². The third-order valence-corrected chi connectivity index (χ3v) is 4.37. The summed E-state index contributed by atoms with van der Waals surface area (Å²) in [6.07, 6.45) is 0. The van der Waals surface area contributed by atoms with E-state index in [2.05, 4.69) is 10.6 Å². The average Bonchev–Trinajstić information content (AvgIpc) is 2.73. The number of amides is 2. The van der Waals surface area contributed by atoms with E-state index >= 15 is 0 Å². The van der Waals surface area contributed by atoms with Crippen LogP contribution in [0, 0.1) is 0 Å². The van der Waals surface area contributed by atoms with Crippen LogP contribution in [0.2, 0.25) is 0 Å². The number of hydrogen-bond acceptors (Lipinski definition) is 5. The fourth-order valence-electron chi connectivity index (χ4n) is 2.85. The number of hydrogen-bond donors (Lipinski definition) is 3. The van der Waals surface area contributed by atoms with E-state index in [1.165, 1.54) is 0 Å². The van der Waals surface area contributed by atoms with Crippen molar-refractivity contribution in [2.75, 3.05) is 44.0 Å². The van der Waals surface area contributed by atoms with Gasteiger partial charge in [0.2, 0.25) is 0 Å². The van der Waals surface area contributed by atoms with Gasteiger partial charge in [0.05, 0.1) is 31.5 Å². The number of quaternary nitrogens is 1. The van der Waals surface area contributed by atoms with Gasteiger partial charge in [-0.05, 0) is 38.1 Å². The zero-order chi connectivity index (χ0) is 21.9. The van der Waals surface area contributed by atoms with Crippen molar-refractivity contribution < 1.29 is 28.8 Å². The molecule has 0 aliphatic rings. The molecule has 0 saturated heterocycles. The molecule has 8 heteroatoms. The third-order valence-electron chi connectivity index (χ3n) is 4.37. The van der Waals surface area contributed by atoms with Crippen molar-refractivity contribution in [2.45, 2.75) is 13.8 Å². The maximum atomic E-state index is 12.5. The van der Waals surface area contributed by atoms with Crippen LogP contribution in [-0.2, 0) is 14.3 Å². The summed E-state index contributed by atoms with van der Waals surface area (Å²) >= 11 is 0. The lowest BCUT2D eigenvalue weighted by Crippen LogP contribution is -3.13. The SMILES string of the molecule is CCOC(=O)c1ccccc1NC(=O)C[NH+](CC)CC(=O)Nc1cccc(OC)c1. The van der Waals surface area contributed by atoms with Gasteiger partial charge in [-0.3, -0.25) is 9.59 Å². The number of para-hydroxylation sites is 1. The van der Waals surface area contributed by atoms with Crippen LogP contribution >= 0.6 is 0 Å². The first kappa shape index (κ1) is 22.9. The summed E-state index contributed by atoms with van der Waals surface area (Å²) in [6, 6.07) is 13.7. The molecule has 1 unspecified atom stereocenters. The second kappa shape index (κ2) is 11.6. The molecule has 3 N–H and O–H groups in total. The Morgan fingerprint density at radius 2 is 1.63 bits per heavy atom. The minimum Gasteiger partial charge on any atom is -0.497 e. The van der Waals surface area contributed by atoms with Gasteiger partial charge in [-0.25, -0.2) is 4.79 Å². The summed E-state index contributed by atoms with van der Waals surface area (Å²) in [5.41, 5.74) is 1.31. The number of ether oxygens (including phenoxy) is 2. The molecule has 2 rings (SSSR count). The molecule has 0 radical (unpaired) electrons. The molecule has 0 heterocycles. The Morgan fingerprint density at radius 3 is 2.30 bits per heavy atom. The molecule has 0 aromatic heterocycles. The molecular weight excluding hydrogens is 386 g/mol. The topological polar surface area (TPSA) is 98.2 Å². The van der Waals surface area contributed by atoms with Crippen molar-refractivity contribution in [2.24, 2.45) is 0 Å². The number of likely N-dealkylation sites (N-methyl/N-ethyl adjacent to an activating group) is 1. The minimum absolute atomic E-state index is 0.0825. The van der Waals surface area contributed by atoms with Crippen LogP contribution in [0.25, 0.3) is 0 Å². The van der Waals surface area contributed by atoms with Crippen LogP contribution in [0.3, 0.4) is 0 Å². The molecule has 160 valence electrons. The van der Waals surface area contributed by atoms with Gasteiger partial charge >= 0.3 is 5.97 Å². The fraction of sp³-hybridized carbons (Fsp3) is 0.318. The normalized spacial score (nSPS) is 11.3. The van der Waals surface area contributed by atoms with E-state index in [4.69, 9.17) is 9.47 Å². The van der Waals surface area contributed by atoms with Crippen molar-refractivity contribution in [1.82, 2.24) is 0 Å². The fourth-order valence-corrected chi connectivity index (χ4v) is 2.85. The van der Waals surface area contributed by atoms with Crippen LogP contribution in [-0.4, -0.2) is 51.1 Å². The zero-order valence-electron chi connectivity index (χ0n) is 17.5. The first-order chi connectivity index (χ1) is 14.5. The maximum Gasteiger partial charge on any atom is 0.340 e. The van der Waals surface area contributed by atoms with Gasteiger partial charge < -0.3 is 25.0 Å². The summed E-state index contributed by atoms with van der Waals surface area (Å²) in [6.45, 7) is 4.65. The Morgan fingerprint density at radius 1 is 0.933 bits per heavy atom. The minimum atomic E-state index is -0.495. The van der Waals surface area contributed by atoms with E-state index in [1.807, 2.05) is 6.92 Å². The van der Waals surface area contributed by atoms with Gasteiger partial charge in [0.1, 0.15) is 5.75 Å².